The van der Waals surface area contributed by atoms with E-state index >= 15 is 0 Å². The van der Waals surface area contributed by atoms with E-state index in [2.05, 4.69) is 15.0 Å². The second-order valence-electron chi connectivity index (χ2n) is 6.74. The monoisotopic (exact) mass is 393 g/mol. The van der Waals surface area contributed by atoms with Crippen LogP contribution in [0.2, 0.25) is 0 Å². The van der Waals surface area contributed by atoms with Crippen molar-refractivity contribution in [2.75, 3.05) is 29.5 Å². The molecule has 2 bridgehead atoms. The molecule has 2 aromatic heterocycles. The van der Waals surface area contributed by atoms with Crippen molar-refractivity contribution in [2.24, 2.45) is 0 Å². The lowest BCUT2D eigenvalue weighted by atomic mass is 10.2. The summed E-state index contributed by atoms with van der Waals surface area (Å²) in [5.41, 5.74) is -0.417. The number of halogens is 3. The first-order chi connectivity index (χ1) is 13.4. The molecule has 2 saturated heterocycles. The number of rotatable bonds is 4. The van der Waals surface area contributed by atoms with Gasteiger partial charge in [0.05, 0.1) is 29.8 Å². The summed E-state index contributed by atoms with van der Waals surface area (Å²) < 4.78 is 43.8. The van der Waals surface area contributed by atoms with Gasteiger partial charge in [-0.1, -0.05) is 0 Å². The lowest BCUT2D eigenvalue weighted by molar-refractivity contribution is -0.137. The molecular weight excluding hydrogens is 375 g/mol. The molecule has 7 nitrogen and oxygen atoms in total. The van der Waals surface area contributed by atoms with Gasteiger partial charge in [0.25, 0.3) is 0 Å². The molecule has 0 unspecified atom stereocenters. The highest BCUT2D eigenvalue weighted by atomic mass is 19.4. The quantitative estimate of drug-likeness (QED) is 0.740. The number of alkyl halides is 3. The topological polar surface area (TPSA) is 71.5 Å². The Morgan fingerprint density at radius 3 is 2.46 bits per heavy atom. The number of hydrogen-bond acceptors (Lipinski definition) is 7. The molecule has 28 heavy (non-hydrogen) atoms. The Morgan fingerprint density at radius 1 is 1.18 bits per heavy atom. The van der Waals surface area contributed by atoms with Crippen LogP contribution in [0.4, 0.5) is 24.9 Å². The van der Waals surface area contributed by atoms with Gasteiger partial charge in [-0.05, 0) is 25.5 Å². The maximum atomic E-state index is 13.0. The Kier molecular flexibility index (Phi) is 4.56. The number of nitrogens with zero attached hydrogens (tertiary/aromatic N) is 5. The van der Waals surface area contributed by atoms with E-state index < -0.39 is 17.7 Å². The van der Waals surface area contributed by atoms with Crippen LogP contribution < -0.4 is 9.80 Å². The molecule has 0 radical (unpaired) electrons. The number of carbonyl (C=O) groups is 1. The predicted molar refractivity (Wildman–Crippen MR) is 94.1 cm³/mol. The Morgan fingerprint density at radius 2 is 1.86 bits per heavy atom. The number of hydrogen-bond donors (Lipinski definition) is 0. The van der Waals surface area contributed by atoms with Gasteiger partial charge in [0.15, 0.2) is 0 Å². The van der Waals surface area contributed by atoms with Gasteiger partial charge in [-0.25, -0.2) is 19.7 Å². The number of pyridine rings is 1. The van der Waals surface area contributed by atoms with E-state index in [1.54, 1.807) is 6.92 Å². The van der Waals surface area contributed by atoms with Crippen molar-refractivity contribution in [1.82, 2.24) is 15.0 Å². The zero-order valence-corrected chi connectivity index (χ0v) is 15.1. The molecule has 4 heterocycles. The summed E-state index contributed by atoms with van der Waals surface area (Å²) in [7, 11) is 0. The molecule has 2 atom stereocenters. The van der Waals surface area contributed by atoms with Crippen molar-refractivity contribution in [1.29, 1.82) is 0 Å². The van der Waals surface area contributed by atoms with Crippen LogP contribution in [0, 0.1) is 0 Å². The first kappa shape index (κ1) is 18.5. The van der Waals surface area contributed by atoms with Crippen molar-refractivity contribution < 1.29 is 22.7 Å². The number of anilines is 2. The number of aromatic nitrogens is 3. The van der Waals surface area contributed by atoms with Crippen LogP contribution in [0.3, 0.4) is 0 Å². The number of piperazine rings is 1. The third-order valence-electron chi connectivity index (χ3n) is 5.01. The third kappa shape index (κ3) is 3.34. The van der Waals surface area contributed by atoms with Crippen LogP contribution in [0.1, 0.15) is 29.3 Å². The van der Waals surface area contributed by atoms with Crippen LogP contribution in [0.5, 0.6) is 0 Å². The van der Waals surface area contributed by atoms with Gasteiger partial charge < -0.3 is 14.5 Å². The minimum atomic E-state index is -4.39. The van der Waals surface area contributed by atoms with Crippen LogP contribution >= 0.6 is 0 Å². The van der Waals surface area contributed by atoms with Crippen LogP contribution in [0.15, 0.2) is 30.7 Å². The van der Waals surface area contributed by atoms with Gasteiger partial charge >= 0.3 is 12.1 Å². The summed E-state index contributed by atoms with van der Waals surface area (Å²) in [5, 5.41) is 0. The molecule has 0 aromatic carbocycles. The Hall–Kier alpha value is -2.91. The summed E-state index contributed by atoms with van der Waals surface area (Å²) >= 11 is 0. The van der Waals surface area contributed by atoms with Gasteiger partial charge in [-0.2, -0.15) is 13.2 Å². The second kappa shape index (κ2) is 6.92. The predicted octanol–water partition coefficient (Wildman–Crippen LogP) is 2.53. The van der Waals surface area contributed by atoms with Crippen LogP contribution in [0.25, 0.3) is 0 Å². The first-order valence-corrected chi connectivity index (χ1v) is 8.92. The number of esters is 1. The summed E-state index contributed by atoms with van der Waals surface area (Å²) in [6.45, 7) is 3.12. The molecule has 2 fully saturated rings. The van der Waals surface area contributed by atoms with Crippen LogP contribution in [-0.2, 0) is 10.9 Å². The molecular formula is C18H18F3N5O2. The SMILES string of the molecule is CCOC(=O)c1cnc(N2C[C@H]3C[C@@H]2CN3c2cc(C(F)(F)F)ccn2)nc1. The molecule has 2 aliphatic heterocycles. The fraction of sp³-hybridized carbons (Fsp3) is 0.444. The molecule has 148 valence electrons. The molecule has 0 N–H and O–H groups in total. The van der Waals surface area contributed by atoms with E-state index in [4.69, 9.17) is 4.74 Å². The molecule has 2 aromatic rings. The largest absolute Gasteiger partial charge is 0.462 e. The van der Waals surface area contributed by atoms with E-state index in [-0.39, 0.29) is 24.3 Å². The zero-order valence-electron chi connectivity index (χ0n) is 15.1. The molecule has 4 rings (SSSR count). The maximum Gasteiger partial charge on any atom is 0.416 e. The van der Waals surface area contributed by atoms with Gasteiger partial charge in [0.2, 0.25) is 5.95 Å². The van der Waals surface area contributed by atoms with E-state index in [9.17, 15) is 18.0 Å². The van der Waals surface area contributed by atoms with Gasteiger partial charge in [-0.15, -0.1) is 0 Å². The number of ether oxygens (including phenoxy) is 1. The second-order valence-corrected chi connectivity index (χ2v) is 6.74. The normalized spacial score (nSPS) is 21.3. The highest BCUT2D eigenvalue weighted by Gasteiger charge is 2.45. The molecule has 2 aliphatic rings. The number of fused-ring (bicyclic) bond motifs is 2. The molecule has 0 saturated carbocycles. The number of carbonyl (C=O) groups excluding carboxylic acids is 1. The smallest absolute Gasteiger partial charge is 0.416 e. The maximum absolute atomic E-state index is 13.0. The van der Waals surface area contributed by atoms with Crippen molar-refractivity contribution in [2.45, 2.75) is 31.6 Å². The Bertz CT molecular complexity index is 874. The van der Waals surface area contributed by atoms with Gasteiger partial charge in [-0.3, -0.25) is 0 Å². The Balaban J connectivity index is 1.47. The molecule has 0 aliphatic carbocycles. The molecule has 0 spiro atoms. The third-order valence-corrected chi connectivity index (χ3v) is 5.01. The molecule has 10 heteroatoms. The highest BCUT2D eigenvalue weighted by molar-refractivity contribution is 5.88. The Labute approximate surface area is 159 Å². The van der Waals surface area contributed by atoms with E-state index in [0.29, 0.717) is 24.9 Å². The van der Waals surface area contributed by atoms with Gasteiger partial charge in [0.1, 0.15) is 5.82 Å². The lowest BCUT2D eigenvalue weighted by Gasteiger charge is -2.35. The van der Waals surface area contributed by atoms with Crippen molar-refractivity contribution in [3.63, 3.8) is 0 Å². The van der Waals surface area contributed by atoms with E-state index in [0.717, 1.165) is 18.6 Å². The van der Waals surface area contributed by atoms with Gasteiger partial charge in [0, 0.05) is 31.7 Å². The van der Waals surface area contributed by atoms with Crippen molar-refractivity contribution in [3.8, 4) is 0 Å². The average Bonchev–Trinajstić information content (AvgIpc) is 3.29. The minimum Gasteiger partial charge on any atom is -0.462 e. The minimum absolute atomic E-state index is 0.0364. The summed E-state index contributed by atoms with van der Waals surface area (Å²) in [4.78, 5) is 28.3. The fourth-order valence-electron chi connectivity index (χ4n) is 3.73. The van der Waals surface area contributed by atoms with E-state index in [1.165, 1.54) is 18.6 Å². The van der Waals surface area contributed by atoms with Crippen molar-refractivity contribution in [3.05, 3.63) is 41.9 Å². The van der Waals surface area contributed by atoms with E-state index in [1.807, 2.05) is 9.80 Å². The van der Waals surface area contributed by atoms with Crippen molar-refractivity contribution >= 4 is 17.7 Å². The molecule has 0 amide bonds. The standard InChI is InChI=1S/C18H18F3N5O2/c1-2-28-16(27)11-7-23-17(24-8-11)26-10-13-6-14(26)9-25(13)15-5-12(3-4-22-15)18(19,20)21/h3-5,7-8,13-14H,2,6,9-10H2,1H3/t13-,14-/m1/s1. The summed E-state index contributed by atoms with van der Waals surface area (Å²) in [5.74, 6) is 0.358. The summed E-state index contributed by atoms with van der Waals surface area (Å²) in [6.07, 6.45) is 0.452. The average molecular weight is 393 g/mol. The zero-order chi connectivity index (χ0) is 19.9. The first-order valence-electron chi connectivity index (χ1n) is 8.92. The summed E-state index contributed by atoms with van der Waals surface area (Å²) in [6, 6.07) is 2.18. The fourth-order valence-corrected chi connectivity index (χ4v) is 3.73. The lowest BCUT2D eigenvalue weighted by Crippen LogP contribution is -2.47. The highest BCUT2D eigenvalue weighted by Crippen LogP contribution is 2.37. The van der Waals surface area contributed by atoms with Crippen LogP contribution in [-0.4, -0.2) is 52.7 Å².